The molecular formula is C21H36N4O. The molecule has 5 heteroatoms. The highest BCUT2D eigenvalue weighted by molar-refractivity contribution is 5.68. The van der Waals surface area contributed by atoms with Gasteiger partial charge in [-0.1, -0.05) is 88.6 Å². The van der Waals surface area contributed by atoms with E-state index in [4.69, 9.17) is 16.6 Å². The van der Waals surface area contributed by atoms with Crippen molar-refractivity contribution < 1.29 is 5.11 Å². The summed E-state index contributed by atoms with van der Waals surface area (Å²) in [4.78, 5) is 0. The fourth-order valence-corrected chi connectivity index (χ4v) is 2.97. The molecule has 1 fully saturated rings. The summed E-state index contributed by atoms with van der Waals surface area (Å²) in [5.74, 6) is 9.05. The van der Waals surface area contributed by atoms with Crippen LogP contribution < -0.4 is 23.2 Å². The monoisotopic (exact) mass is 360 g/mol. The Bertz CT molecular complexity index is 593. The molecular weight excluding hydrogens is 324 g/mol. The van der Waals surface area contributed by atoms with Crippen molar-refractivity contribution in [1.82, 2.24) is 0 Å². The predicted octanol–water partition coefficient (Wildman–Crippen LogP) is 3.41. The largest absolute Gasteiger partial charge is 0.392 e. The molecule has 1 aliphatic carbocycles. The van der Waals surface area contributed by atoms with E-state index in [1.165, 1.54) is 25.7 Å². The van der Waals surface area contributed by atoms with Gasteiger partial charge in [0.15, 0.2) is 0 Å². The molecule has 0 atom stereocenters. The molecule has 0 saturated heterocycles. The van der Waals surface area contributed by atoms with E-state index in [2.05, 4.69) is 18.6 Å². The van der Waals surface area contributed by atoms with Gasteiger partial charge in [-0.25, -0.2) is 0 Å². The van der Waals surface area contributed by atoms with Crippen molar-refractivity contribution in [2.45, 2.75) is 52.8 Å². The maximum Gasteiger partial charge on any atom is 0.0790 e. The SMILES string of the molecule is C.CC1CCCC1.NC(N)c1ccccc1-c1ccc(CO)cc1.NN. The van der Waals surface area contributed by atoms with Gasteiger partial charge in [-0.2, -0.15) is 0 Å². The van der Waals surface area contributed by atoms with E-state index in [-0.39, 0.29) is 14.0 Å². The molecule has 1 saturated carbocycles. The lowest BCUT2D eigenvalue weighted by Crippen LogP contribution is -2.20. The zero-order valence-corrected chi connectivity index (χ0v) is 15.1. The van der Waals surface area contributed by atoms with E-state index in [1.807, 2.05) is 48.5 Å². The lowest BCUT2D eigenvalue weighted by Gasteiger charge is -2.12. The molecule has 3 rings (SSSR count). The Labute approximate surface area is 158 Å². The molecule has 0 bridgehead atoms. The summed E-state index contributed by atoms with van der Waals surface area (Å²) in [6.45, 7) is 2.39. The molecule has 1 aliphatic rings. The lowest BCUT2D eigenvalue weighted by atomic mass is 9.97. The number of aliphatic hydroxyl groups excluding tert-OH is 1. The number of hydrazine groups is 1. The molecule has 0 radical (unpaired) electrons. The van der Waals surface area contributed by atoms with Crippen LogP contribution in [0.2, 0.25) is 0 Å². The highest BCUT2D eigenvalue weighted by Gasteiger charge is 2.08. The Kier molecular flexibility index (Phi) is 12.5. The van der Waals surface area contributed by atoms with Gasteiger partial charge in [0, 0.05) is 0 Å². The van der Waals surface area contributed by atoms with Crippen LogP contribution in [0.15, 0.2) is 48.5 Å². The Morgan fingerprint density at radius 2 is 1.50 bits per heavy atom. The maximum atomic E-state index is 9.00. The summed E-state index contributed by atoms with van der Waals surface area (Å²) in [7, 11) is 0. The number of rotatable bonds is 3. The van der Waals surface area contributed by atoms with Gasteiger partial charge in [0.2, 0.25) is 0 Å². The molecule has 0 unspecified atom stereocenters. The Balaban J connectivity index is 0.000000585. The van der Waals surface area contributed by atoms with E-state index < -0.39 is 6.17 Å². The first-order valence-corrected chi connectivity index (χ1v) is 8.75. The average Bonchev–Trinajstić information content (AvgIpc) is 3.15. The Morgan fingerprint density at radius 3 is 1.92 bits per heavy atom. The first kappa shape index (κ1) is 24.2. The van der Waals surface area contributed by atoms with Crippen LogP contribution in [-0.4, -0.2) is 5.11 Å². The molecule has 9 N–H and O–H groups in total. The van der Waals surface area contributed by atoms with E-state index >= 15 is 0 Å². The summed E-state index contributed by atoms with van der Waals surface area (Å²) >= 11 is 0. The standard InChI is InChI=1S/C14H16N2O.C6H12.CH4.H4N2/c15-14(16)13-4-2-1-3-12(13)11-7-5-10(9-17)6-8-11;1-6-4-2-3-5-6;;1-2/h1-8,14,17H,9,15-16H2;6H,2-5H2,1H3;1H4;1-2H2. The van der Waals surface area contributed by atoms with E-state index in [0.717, 1.165) is 28.2 Å². The quantitative estimate of drug-likeness (QED) is 0.326. The minimum Gasteiger partial charge on any atom is -0.392 e. The highest BCUT2D eigenvalue weighted by Crippen LogP contribution is 2.26. The number of hydrogen-bond donors (Lipinski definition) is 5. The fourth-order valence-electron chi connectivity index (χ4n) is 2.97. The number of nitrogens with two attached hydrogens (primary N) is 4. The molecule has 0 spiro atoms. The molecule has 2 aromatic carbocycles. The third-order valence-electron chi connectivity index (χ3n) is 4.41. The lowest BCUT2D eigenvalue weighted by molar-refractivity contribution is 0.282. The van der Waals surface area contributed by atoms with Crippen molar-refractivity contribution in [3.63, 3.8) is 0 Å². The zero-order chi connectivity index (χ0) is 18.7. The van der Waals surface area contributed by atoms with Crippen molar-refractivity contribution in [2.75, 3.05) is 0 Å². The van der Waals surface area contributed by atoms with Crippen LogP contribution in [0.1, 0.15) is 57.3 Å². The van der Waals surface area contributed by atoms with Gasteiger partial charge >= 0.3 is 0 Å². The second kappa shape index (κ2) is 13.4. The first-order chi connectivity index (χ1) is 12.1. The predicted molar refractivity (Wildman–Crippen MR) is 112 cm³/mol. The van der Waals surface area contributed by atoms with Gasteiger partial charge < -0.3 is 16.6 Å². The van der Waals surface area contributed by atoms with Crippen molar-refractivity contribution in [1.29, 1.82) is 0 Å². The number of hydrogen-bond acceptors (Lipinski definition) is 5. The van der Waals surface area contributed by atoms with Crippen molar-refractivity contribution in [3.05, 3.63) is 59.7 Å². The van der Waals surface area contributed by atoms with Crippen LogP contribution in [0, 0.1) is 5.92 Å². The topological polar surface area (TPSA) is 124 Å². The molecule has 0 aromatic heterocycles. The normalized spacial score (nSPS) is 13.2. The van der Waals surface area contributed by atoms with Crippen LogP contribution in [0.3, 0.4) is 0 Å². The second-order valence-electron chi connectivity index (χ2n) is 6.36. The molecule has 2 aromatic rings. The van der Waals surface area contributed by atoms with E-state index in [1.54, 1.807) is 0 Å². The smallest absolute Gasteiger partial charge is 0.0790 e. The fraction of sp³-hybridized carbons (Fsp3) is 0.429. The minimum atomic E-state index is -0.483. The Morgan fingerprint density at radius 1 is 0.962 bits per heavy atom. The van der Waals surface area contributed by atoms with Gasteiger partial charge in [0.25, 0.3) is 0 Å². The summed E-state index contributed by atoms with van der Waals surface area (Å²) in [6.07, 6.45) is 5.46. The van der Waals surface area contributed by atoms with Crippen molar-refractivity contribution >= 4 is 0 Å². The van der Waals surface area contributed by atoms with Crippen LogP contribution in [0.4, 0.5) is 0 Å². The van der Waals surface area contributed by atoms with Gasteiger partial charge in [0.1, 0.15) is 0 Å². The molecule has 5 nitrogen and oxygen atoms in total. The summed E-state index contributed by atoms with van der Waals surface area (Å²) < 4.78 is 0. The van der Waals surface area contributed by atoms with Crippen molar-refractivity contribution in [3.8, 4) is 11.1 Å². The molecule has 0 amide bonds. The second-order valence-corrected chi connectivity index (χ2v) is 6.36. The number of aliphatic hydroxyl groups is 1. The summed E-state index contributed by atoms with van der Waals surface area (Å²) in [6, 6.07) is 15.5. The molecule has 0 aliphatic heterocycles. The first-order valence-electron chi connectivity index (χ1n) is 8.75. The summed E-state index contributed by atoms with van der Waals surface area (Å²) in [5.41, 5.74) is 15.4. The van der Waals surface area contributed by atoms with Gasteiger partial charge in [-0.3, -0.25) is 11.7 Å². The van der Waals surface area contributed by atoms with Gasteiger partial charge in [-0.15, -0.1) is 0 Å². The Hall–Kier alpha value is -1.76. The van der Waals surface area contributed by atoms with Gasteiger partial charge in [0.05, 0.1) is 12.8 Å². The van der Waals surface area contributed by atoms with Crippen molar-refractivity contribution in [2.24, 2.45) is 29.1 Å². The maximum absolute atomic E-state index is 9.00. The van der Waals surface area contributed by atoms with E-state index in [0.29, 0.717) is 0 Å². The van der Waals surface area contributed by atoms with E-state index in [9.17, 15) is 0 Å². The van der Waals surface area contributed by atoms with Crippen LogP contribution >= 0.6 is 0 Å². The van der Waals surface area contributed by atoms with Gasteiger partial charge in [-0.05, 0) is 28.2 Å². The minimum absolute atomic E-state index is 0. The highest BCUT2D eigenvalue weighted by atomic mass is 16.3. The third kappa shape index (κ3) is 7.64. The average molecular weight is 361 g/mol. The molecule has 0 heterocycles. The van der Waals surface area contributed by atoms with Crippen LogP contribution in [-0.2, 0) is 6.61 Å². The summed E-state index contributed by atoms with van der Waals surface area (Å²) in [5, 5.41) is 9.00. The van der Waals surface area contributed by atoms with Crippen LogP contribution in [0.5, 0.6) is 0 Å². The number of benzene rings is 2. The third-order valence-corrected chi connectivity index (χ3v) is 4.41. The zero-order valence-electron chi connectivity index (χ0n) is 15.1. The van der Waals surface area contributed by atoms with Crippen LogP contribution in [0.25, 0.3) is 11.1 Å². The molecule has 146 valence electrons. The molecule has 26 heavy (non-hydrogen) atoms.